The Labute approximate surface area is 101 Å². The maximum absolute atomic E-state index is 8.79. The van der Waals surface area contributed by atoms with Crippen LogP contribution in [0.5, 0.6) is 0 Å². The Morgan fingerprint density at radius 1 is 1.41 bits per heavy atom. The van der Waals surface area contributed by atoms with Gasteiger partial charge in [-0.25, -0.2) is 4.98 Å². The molecule has 0 fully saturated rings. The van der Waals surface area contributed by atoms with Crippen molar-refractivity contribution >= 4 is 0 Å². The van der Waals surface area contributed by atoms with E-state index in [1.54, 1.807) is 6.33 Å². The predicted octanol–water partition coefficient (Wildman–Crippen LogP) is 1.58. The molecular formula is C13H14N4. The maximum atomic E-state index is 8.79. The number of aryl methyl sites for hydroxylation is 1. The fourth-order valence-electron chi connectivity index (χ4n) is 1.64. The molecule has 86 valence electrons. The monoisotopic (exact) mass is 226 g/mol. The molecule has 1 aromatic carbocycles. The van der Waals surface area contributed by atoms with Gasteiger partial charge in [-0.05, 0) is 17.7 Å². The lowest BCUT2D eigenvalue weighted by molar-refractivity contribution is 0.655. The first-order chi connectivity index (χ1) is 8.29. The lowest BCUT2D eigenvalue weighted by atomic mass is 10.1. The Balaban J connectivity index is 1.90. The molecule has 0 saturated heterocycles. The molecule has 2 rings (SSSR count). The highest BCUT2D eigenvalue weighted by atomic mass is 15.0. The molecule has 1 heterocycles. The average molecular weight is 226 g/mol. The molecule has 0 aliphatic heterocycles. The fraction of sp³-hybridized carbons (Fsp3) is 0.231. The smallest absolute Gasteiger partial charge is 0.0991 e. The van der Waals surface area contributed by atoms with Crippen LogP contribution in [0.3, 0.4) is 0 Å². The molecule has 0 atom stereocenters. The van der Waals surface area contributed by atoms with Crippen LogP contribution < -0.4 is 5.32 Å². The number of rotatable bonds is 4. The molecule has 0 bridgehead atoms. The first-order valence-electron chi connectivity index (χ1n) is 5.44. The molecule has 0 amide bonds. The fourth-order valence-corrected chi connectivity index (χ4v) is 1.64. The van der Waals surface area contributed by atoms with Crippen LogP contribution in [-0.4, -0.2) is 9.55 Å². The van der Waals surface area contributed by atoms with Gasteiger partial charge in [-0.3, -0.25) is 0 Å². The van der Waals surface area contributed by atoms with Gasteiger partial charge in [0.15, 0.2) is 0 Å². The SMILES string of the molecule is Cn1cncc1CNCc1cccc(C#N)c1. The normalized spacial score (nSPS) is 10.1. The van der Waals surface area contributed by atoms with Gasteiger partial charge in [0, 0.05) is 26.3 Å². The van der Waals surface area contributed by atoms with E-state index in [-0.39, 0.29) is 0 Å². The summed E-state index contributed by atoms with van der Waals surface area (Å²) in [7, 11) is 1.97. The van der Waals surface area contributed by atoms with Gasteiger partial charge in [0.05, 0.1) is 23.7 Å². The molecule has 0 saturated carbocycles. The maximum Gasteiger partial charge on any atom is 0.0991 e. The van der Waals surface area contributed by atoms with Crippen LogP contribution in [0.1, 0.15) is 16.8 Å². The second-order valence-corrected chi connectivity index (χ2v) is 3.91. The molecule has 4 heteroatoms. The molecule has 0 spiro atoms. The van der Waals surface area contributed by atoms with Crippen LogP contribution in [-0.2, 0) is 20.1 Å². The highest BCUT2D eigenvalue weighted by Gasteiger charge is 1.98. The molecule has 2 aromatic rings. The molecule has 1 N–H and O–H groups in total. The number of hydrogen-bond donors (Lipinski definition) is 1. The Morgan fingerprint density at radius 3 is 3.00 bits per heavy atom. The van der Waals surface area contributed by atoms with Gasteiger partial charge < -0.3 is 9.88 Å². The molecule has 0 aliphatic carbocycles. The number of nitriles is 1. The summed E-state index contributed by atoms with van der Waals surface area (Å²) in [5.74, 6) is 0. The van der Waals surface area contributed by atoms with E-state index in [1.165, 1.54) is 0 Å². The van der Waals surface area contributed by atoms with E-state index < -0.39 is 0 Å². The molecule has 1 aromatic heterocycles. The number of imidazole rings is 1. The van der Waals surface area contributed by atoms with Crippen molar-refractivity contribution in [1.82, 2.24) is 14.9 Å². The van der Waals surface area contributed by atoms with Crippen LogP contribution in [0.2, 0.25) is 0 Å². The predicted molar refractivity (Wildman–Crippen MR) is 64.9 cm³/mol. The van der Waals surface area contributed by atoms with Crippen molar-refractivity contribution in [2.45, 2.75) is 13.1 Å². The van der Waals surface area contributed by atoms with Crippen LogP contribution in [0, 0.1) is 11.3 Å². The van der Waals surface area contributed by atoms with E-state index in [2.05, 4.69) is 16.4 Å². The van der Waals surface area contributed by atoms with Crippen molar-refractivity contribution in [3.8, 4) is 6.07 Å². The van der Waals surface area contributed by atoms with Crippen molar-refractivity contribution in [3.63, 3.8) is 0 Å². The molecule has 0 aliphatic rings. The number of aromatic nitrogens is 2. The van der Waals surface area contributed by atoms with E-state index in [9.17, 15) is 0 Å². The topological polar surface area (TPSA) is 53.6 Å². The van der Waals surface area contributed by atoms with Crippen LogP contribution in [0.15, 0.2) is 36.8 Å². The number of benzene rings is 1. The summed E-state index contributed by atoms with van der Waals surface area (Å²) in [6.45, 7) is 1.52. The van der Waals surface area contributed by atoms with Crippen molar-refractivity contribution in [3.05, 3.63) is 53.6 Å². The minimum atomic E-state index is 0.699. The second kappa shape index (κ2) is 5.28. The van der Waals surface area contributed by atoms with Crippen molar-refractivity contribution in [2.75, 3.05) is 0 Å². The molecule has 0 radical (unpaired) electrons. The van der Waals surface area contributed by atoms with Gasteiger partial charge in [-0.15, -0.1) is 0 Å². The molecule has 0 unspecified atom stereocenters. The van der Waals surface area contributed by atoms with Gasteiger partial charge >= 0.3 is 0 Å². The van der Waals surface area contributed by atoms with E-state index in [1.807, 2.05) is 42.1 Å². The van der Waals surface area contributed by atoms with Gasteiger partial charge in [0.25, 0.3) is 0 Å². The largest absolute Gasteiger partial charge is 0.337 e. The zero-order chi connectivity index (χ0) is 12.1. The van der Waals surface area contributed by atoms with Crippen LogP contribution in [0.25, 0.3) is 0 Å². The third-order valence-electron chi connectivity index (χ3n) is 2.61. The highest BCUT2D eigenvalue weighted by molar-refractivity contribution is 5.32. The Morgan fingerprint density at radius 2 is 2.29 bits per heavy atom. The number of hydrogen-bond acceptors (Lipinski definition) is 3. The summed E-state index contributed by atoms with van der Waals surface area (Å²) in [4.78, 5) is 4.05. The Bertz CT molecular complexity index is 536. The van der Waals surface area contributed by atoms with E-state index >= 15 is 0 Å². The van der Waals surface area contributed by atoms with Crippen molar-refractivity contribution < 1.29 is 0 Å². The first-order valence-corrected chi connectivity index (χ1v) is 5.44. The van der Waals surface area contributed by atoms with Crippen molar-refractivity contribution in [1.29, 1.82) is 5.26 Å². The molecule has 17 heavy (non-hydrogen) atoms. The molecular weight excluding hydrogens is 212 g/mol. The van der Waals surface area contributed by atoms with Gasteiger partial charge in [-0.1, -0.05) is 12.1 Å². The lowest BCUT2D eigenvalue weighted by Gasteiger charge is -2.05. The van der Waals surface area contributed by atoms with Crippen molar-refractivity contribution in [2.24, 2.45) is 7.05 Å². The minimum absolute atomic E-state index is 0.699. The lowest BCUT2D eigenvalue weighted by Crippen LogP contribution is -2.14. The number of nitrogens with zero attached hydrogens (tertiary/aromatic N) is 3. The third kappa shape index (κ3) is 2.92. The van der Waals surface area contributed by atoms with Crippen LogP contribution >= 0.6 is 0 Å². The zero-order valence-corrected chi connectivity index (χ0v) is 9.72. The summed E-state index contributed by atoms with van der Waals surface area (Å²) < 4.78 is 1.98. The third-order valence-corrected chi connectivity index (χ3v) is 2.61. The Kier molecular flexibility index (Phi) is 3.53. The first kappa shape index (κ1) is 11.4. The molecule has 4 nitrogen and oxygen atoms in total. The summed E-state index contributed by atoms with van der Waals surface area (Å²) in [6.07, 6.45) is 3.63. The summed E-state index contributed by atoms with van der Waals surface area (Å²) >= 11 is 0. The van der Waals surface area contributed by atoms with E-state index in [0.717, 1.165) is 24.3 Å². The van der Waals surface area contributed by atoms with E-state index in [0.29, 0.717) is 5.56 Å². The minimum Gasteiger partial charge on any atom is -0.337 e. The Hall–Kier alpha value is -2.12. The highest BCUT2D eigenvalue weighted by Crippen LogP contribution is 2.04. The van der Waals surface area contributed by atoms with E-state index in [4.69, 9.17) is 5.26 Å². The summed E-state index contributed by atoms with van der Waals surface area (Å²) in [5, 5.41) is 12.1. The summed E-state index contributed by atoms with van der Waals surface area (Å²) in [6, 6.07) is 9.76. The average Bonchev–Trinajstić information content (AvgIpc) is 2.76. The standard InChI is InChI=1S/C13H14N4/c1-17-10-16-9-13(17)8-15-7-12-4-2-3-11(5-12)6-14/h2-5,9-10,15H,7-8H2,1H3. The zero-order valence-electron chi connectivity index (χ0n) is 9.72. The second-order valence-electron chi connectivity index (χ2n) is 3.91. The number of nitrogens with one attached hydrogen (secondary N) is 1. The quantitative estimate of drug-likeness (QED) is 0.861. The van der Waals surface area contributed by atoms with Gasteiger partial charge in [0.1, 0.15) is 0 Å². The van der Waals surface area contributed by atoms with Crippen LogP contribution in [0.4, 0.5) is 0 Å². The summed E-state index contributed by atoms with van der Waals surface area (Å²) in [5.41, 5.74) is 2.96. The van der Waals surface area contributed by atoms with Gasteiger partial charge in [-0.2, -0.15) is 5.26 Å². The van der Waals surface area contributed by atoms with Gasteiger partial charge in [0.2, 0.25) is 0 Å².